The summed E-state index contributed by atoms with van der Waals surface area (Å²) in [6, 6.07) is 34.5. The lowest BCUT2D eigenvalue weighted by atomic mass is 9.77. The van der Waals surface area contributed by atoms with Gasteiger partial charge in [0.2, 0.25) is 0 Å². The lowest BCUT2D eigenvalue weighted by Crippen LogP contribution is -2.32. The second-order valence-electron chi connectivity index (χ2n) is 6.67. The van der Waals surface area contributed by atoms with Crippen LogP contribution in [-0.4, -0.2) is 17.2 Å². The third-order valence-corrected chi connectivity index (χ3v) is 5.03. The van der Waals surface area contributed by atoms with Crippen molar-refractivity contribution in [2.45, 2.75) is 0 Å². The van der Waals surface area contributed by atoms with Crippen LogP contribution >= 0.6 is 15.9 Å². The number of benzene rings is 4. The molecule has 4 heteroatoms. The average Bonchev–Trinajstić information content (AvgIpc) is 2.84. The van der Waals surface area contributed by atoms with Crippen molar-refractivity contribution in [3.8, 4) is 23.7 Å². The van der Waals surface area contributed by atoms with Gasteiger partial charge in [-0.15, -0.1) is 0 Å². The van der Waals surface area contributed by atoms with Gasteiger partial charge in [0, 0.05) is 26.7 Å². The Morgan fingerprint density at radius 1 is 0.500 bits per heavy atom. The van der Waals surface area contributed by atoms with Crippen LogP contribution in [0.25, 0.3) is 0 Å². The molecule has 0 aliphatic rings. The molecule has 154 valence electrons. The Bertz CT molecular complexity index is 1260. The standard InChI is InChI=1S/C14H11BO2.C14H9Br/c16-15(17)14-9-5-4-8-13(14)11-10-12-6-2-1-3-7-12;15-14-9-5-4-8-13(14)11-10-12-6-2-1-3-7-12/h1-9,16-17H;1-9H. The summed E-state index contributed by atoms with van der Waals surface area (Å²) in [5.74, 6) is 12.2. The van der Waals surface area contributed by atoms with E-state index in [2.05, 4.69) is 39.6 Å². The van der Waals surface area contributed by atoms with E-state index in [1.54, 1.807) is 18.2 Å². The second kappa shape index (κ2) is 12.4. The smallest absolute Gasteiger partial charge is 0.423 e. The molecule has 0 spiro atoms. The van der Waals surface area contributed by atoms with E-state index in [9.17, 15) is 10.0 Å². The van der Waals surface area contributed by atoms with Gasteiger partial charge in [-0.1, -0.05) is 90.4 Å². The molecular weight excluding hydrogens is 459 g/mol. The van der Waals surface area contributed by atoms with E-state index < -0.39 is 7.12 Å². The quantitative estimate of drug-likeness (QED) is 0.309. The first kappa shape index (κ1) is 23.1. The molecule has 0 amide bonds. The van der Waals surface area contributed by atoms with Gasteiger partial charge in [0.05, 0.1) is 0 Å². The predicted molar refractivity (Wildman–Crippen MR) is 135 cm³/mol. The molecule has 0 saturated carbocycles. The van der Waals surface area contributed by atoms with Crippen molar-refractivity contribution >= 4 is 28.5 Å². The average molecular weight is 479 g/mol. The van der Waals surface area contributed by atoms with Gasteiger partial charge in [0.15, 0.2) is 0 Å². The van der Waals surface area contributed by atoms with Crippen LogP contribution in [0, 0.1) is 23.7 Å². The van der Waals surface area contributed by atoms with Gasteiger partial charge in [0.1, 0.15) is 0 Å². The van der Waals surface area contributed by atoms with Gasteiger partial charge in [-0.3, -0.25) is 0 Å². The van der Waals surface area contributed by atoms with Crippen LogP contribution < -0.4 is 5.46 Å². The predicted octanol–water partition coefficient (Wildman–Crippen LogP) is 4.62. The third kappa shape index (κ3) is 7.31. The fraction of sp³-hybridized carbons (Fsp3) is 0. The van der Waals surface area contributed by atoms with Gasteiger partial charge in [-0.2, -0.15) is 0 Å². The van der Waals surface area contributed by atoms with Crippen molar-refractivity contribution in [1.82, 2.24) is 0 Å². The highest BCUT2D eigenvalue weighted by molar-refractivity contribution is 9.10. The first-order chi connectivity index (χ1) is 15.6. The molecule has 32 heavy (non-hydrogen) atoms. The van der Waals surface area contributed by atoms with Crippen LogP contribution in [0.5, 0.6) is 0 Å². The van der Waals surface area contributed by atoms with Crippen LogP contribution in [0.2, 0.25) is 0 Å². The first-order valence-electron chi connectivity index (χ1n) is 9.97. The molecule has 0 atom stereocenters. The monoisotopic (exact) mass is 478 g/mol. The maximum absolute atomic E-state index is 9.19. The van der Waals surface area contributed by atoms with Crippen LogP contribution in [0.4, 0.5) is 0 Å². The molecule has 2 N–H and O–H groups in total. The Hall–Kier alpha value is -3.54. The summed E-state index contributed by atoms with van der Waals surface area (Å²) in [5, 5.41) is 18.4. The Morgan fingerprint density at radius 2 is 0.938 bits per heavy atom. The Morgan fingerprint density at radius 3 is 1.47 bits per heavy atom. The van der Waals surface area contributed by atoms with E-state index in [0.717, 1.165) is 21.2 Å². The highest BCUT2D eigenvalue weighted by atomic mass is 79.9. The molecule has 0 radical (unpaired) electrons. The molecule has 0 aliphatic heterocycles. The number of rotatable bonds is 1. The normalized spacial score (nSPS) is 9.22. The van der Waals surface area contributed by atoms with Crippen molar-refractivity contribution in [3.05, 3.63) is 136 Å². The minimum atomic E-state index is -1.49. The zero-order chi connectivity index (χ0) is 22.6. The molecule has 0 heterocycles. The summed E-state index contributed by atoms with van der Waals surface area (Å²) >= 11 is 3.47. The van der Waals surface area contributed by atoms with Crippen LogP contribution in [0.1, 0.15) is 22.3 Å². The van der Waals surface area contributed by atoms with Crippen LogP contribution in [0.15, 0.2) is 114 Å². The SMILES string of the molecule is Brc1ccccc1C#Cc1ccccc1.OB(O)c1ccccc1C#Cc1ccccc1. The van der Waals surface area contributed by atoms with E-state index in [1.165, 1.54) is 0 Å². The van der Waals surface area contributed by atoms with E-state index >= 15 is 0 Å². The fourth-order valence-corrected chi connectivity index (χ4v) is 3.10. The lowest BCUT2D eigenvalue weighted by Gasteiger charge is -2.01. The molecule has 0 bridgehead atoms. The Balaban J connectivity index is 0.000000182. The summed E-state index contributed by atoms with van der Waals surface area (Å²) in [7, 11) is -1.49. The van der Waals surface area contributed by atoms with Gasteiger partial charge in [-0.05, 0) is 63.9 Å². The number of hydrogen-bond donors (Lipinski definition) is 2. The minimum absolute atomic E-state index is 0.427. The molecule has 0 aliphatic carbocycles. The molecule has 4 rings (SSSR count). The first-order valence-corrected chi connectivity index (χ1v) is 10.8. The van der Waals surface area contributed by atoms with Crippen molar-refractivity contribution in [2.24, 2.45) is 0 Å². The summed E-state index contributed by atoms with van der Waals surface area (Å²) in [6.07, 6.45) is 0. The van der Waals surface area contributed by atoms with Crippen molar-refractivity contribution in [3.63, 3.8) is 0 Å². The van der Waals surface area contributed by atoms with Gasteiger partial charge >= 0.3 is 7.12 Å². The largest absolute Gasteiger partial charge is 0.489 e. The van der Waals surface area contributed by atoms with Gasteiger partial charge in [-0.25, -0.2) is 0 Å². The summed E-state index contributed by atoms with van der Waals surface area (Å²) in [4.78, 5) is 0. The third-order valence-electron chi connectivity index (χ3n) is 4.34. The van der Waals surface area contributed by atoms with E-state index in [1.807, 2.05) is 91.0 Å². The molecule has 4 aromatic rings. The molecule has 0 aromatic heterocycles. The molecular formula is C28H20BBrO2. The minimum Gasteiger partial charge on any atom is -0.423 e. The summed E-state index contributed by atoms with van der Waals surface area (Å²) in [5.41, 5.74) is 4.01. The topological polar surface area (TPSA) is 40.5 Å². The van der Waals surface area contributed by atoms with Crippen molar-refractivity contribution in [2.75, 3.05) is 0 Å². The zero-order valence-corrected chi connectivity index (χ0v) is 18.8. The maximum atomic E-state index is 9.19. The van der Waals surface area contributed by atoms with Crippen LogP contribution in [0.3, 0.4) is 0 Å². The van der Waals surface area contributed by atoms with Crippen LogP contribution in [-0.2, 0) is 0 Å². The molecule has 0 fully saturated rings. The molecule has 2 nitrogen and oxygen atoms in total. The lowest BCUT2D eigenvalue weighted by molar-refractivity contribution is 0.425. The van der Waals surface area contributed by atoms with E-state index in [0.29, 0.717) is 11.0 Å². The van der Waals surface area contributed by atoms with Gasteiger partial charge < -0.3 is 10.0 Å². The summed E-state index contributed by atoms with van der Waals surface area (Å²) < 4.78 is 1.04. The van der Waals surface area contributed by atoms with E-state index in [-0.39, 0.29) is 0 Å². The van der Waals surface area contributed by atoms with Gasteiger partial charge in [0.25, 0.3) is 0 Å². The van der Waals surface area contributed by atoms with E-state index in [4.69, 9.17) is 0 Å². The zero-order valence-electron chi connectivity index (χ0n) is 17.2. The Kier molecular flexibility index (Phi) is 8.93. The highest BCUT2D eigenvalue weighted by Crippen LogP contribution is 2.14. The maximum Gasteiger partial charge on any atom is 0.489 e. The van der Waals surface area contributed by atoms with Crippen molar-refractivity contribution < 1.29 is 10.0 Å². The number of halogens is 1. The van der Waals surface area contributed by atoms with Crippen molar-refractivity contribution in [1.29, 1.82) is 0 Å². The highest BCUT2D eigenvalue weighted by Gasteiger charge is 2.13. The second-order valence-corrected chi connectivity index (χ2v) is 7.53. The molecule has 0 unspecified atom stereocenters. The number of hydrogen-bond acceptors (Lipinski definition) is 2. The molecule has 0 saturated heterocycles. The summed E-state index contributed by atoms with van der Waals surface area (Å²) in [6.45, 7) is 0. The molecule has 4 aromatic carbocycles. The fourth-order valence-electron chi connectivity index (χ4n) is 2.72. The Labute approximate surface area is 197 Å².